The summed E-state index contributed by atoms with van der Waals surface area (Å²) >= 11 is 0. The largest absolute Gasteiger partial charge is 0.481 e. The molecule has 0 unspecified atom stereocenters. The normalized spacial score (nSPS) is 20.3. The number of fused-ring (bicyclic) bond motifs is 1. The summed E-state index contributed by atoms with van der Waals surface area (Å²) in [4.78, 5) is 43.1. The van der Waals surface area contributed by atoms with Crippen molar-refractivity contribution in [1.82, 2.24) is 15.2 Å². The minimum Gasteiger partial charge on any atom is -0.481 e. The molecule has 9 nitrogen and oxygen atoms in total. The Bertz CT molecular complexity index is 1400. The third kappa shape index (κ3) is 5.74. The summed E-state index contributed by atoms with van der Waals surface area (Å²) < 4.78 is 18.5. The van der Waals surface area contributed by atoms with Crippen molar-refractivity contribution in [2.24, 2.45) is 11.8 Å². The van der Waals surface area contributed by atoms with Crippen molar-refractivity contribution in [3.05, 3.63) is 99.0 Å². The number of pyridine rings is 1. The Morgan fingerprint density at radius 3 is 2.62 bits per heavy atom. The van der Waals surface area contributed by atoms with Crippen molar-refractivity contribution in [3.8, 4) is 5.88 Å². The molecular weight excluding hydrogens is 503 g/mol. The molecule has 0 bridgehead atoms. The van der Waals surface area contributed by atoms with E-state index in [1.165, 1.54) is 31.4 Å². The predicted octanol–water partition coefficient (Wildman–Crippen LogP) is 4.40. The highest BCUT2D eigenvalue weighted by molar-refractivity contribution is 5.96. The first-order valence-electron chi connectivity index (χ1n) is 13.0. The molecule has 1 saturated carbocycles. The van der Waals surface area contributed by atoms with Gasteiger partial charge in [-0.15, -0.1) is 0 Å². The second-order valence-electron chi connectivity index (χ2n) is 10.1. The molecule has 2 amide bonds. The average Bonchev–Trinajstić information content (AvgIpc) is 3.38. The Morgan fingerprint density at radius 2 is 1.90 bits per heavy atom. The molecule has 2 aliphatic rings. The fraction of sp³-hybridized carbons (Fsp3) is 0.345. The SMILES string of the molecule is COc1ccc([N+](=O)[O-])c(C(=O)N[C@@H]2CCC[C@@H]3CN(C(=O)c4ccc(Cc5cccc(F)c5)cc4)C[C@@H]32)n1. The van der Waals surface area contributed by atoms with E-state index < -0.39 is 10.8 Å². The number of ether oxygens (including phenoxy) is 1. The summed E-state index contributed by atoms with van der Waals surface area (Å²) in [5.41, 5.74) is 1.75. The van der Waals surface area contributed by atoms with E-state index >= 15 is 0 Å². The number of amides is 2. The lowest BCUT2D eigenvalue weighted by atomic mass is 9.78. The number of nitrogens with zero attached hydrogens (tertiary/aromatic N) is 3. The summed E-state index contributed by atoms with van der Waals surface area (Å²) in [6, 6.07) is 16.2. The third-order valence-corrected chi connectivity index (χ3v) is 7.67. The molecule has 39 heavy (non-hydrogen) atoms. The van der Waals surface area contributed by atoms with E-state index in [4.69, 9.17) is 4.74 Å². The lowest BCUT2D eigenvalue weighted by Crippen LogP contribution is -2.45. The van der Waals surface area contributed by atoms with Crippen LogP contribution in [-0.4, -0.2) is 52.9 Å². The van der Waals surface area contributed by atoms with Crippen molar-refractivity contribution in [2.75, 3.05) is 20.2 Å². The molecule has 3 atom stereocenters. The molecule has 1 aromatic heterocycles. The molecule has 3 aromatic rings. The molecule has 2 aromatic carbocycles. The number of methoxy groups -OCH3 is 1. The van der Waals surface area contributed by atoms with Gasteiger partial charge in [0.15, 0.2) is 0 Å². The van der Waals surface area contributed by atoms with E-state index in [1.54, 1.807) is 18.2 Å². The van der Waals surface area contributed by atoms with Crippen LogP contribution in [0, 0.1) is 27.8 Å². The third-order valence-electron chi connectivity index (χ3n) is 7.67. The first-order chi connectivity index (χ1) is 18.8. The van der Waals surface area contributed by atoms with Gasteiger partial charge in [0.2, 0.25) is 11.6 Å². The summed E-state index contributed by atoms with van der Waals surface area (Å²) in [5.74, 6) is -0.576. The monoisotopic (exact) mass is 532 g/mol. The number of hydrogen-bond donors (Lipinski definition) is 1. The maximum atomic E-state index is 13.5. The average molecular weight is 533 g/mol. The number of hydrogen-bond acceptors (Lipinski definition) is 6. The van der Waals surface area contributed by atoms with Gasteiger partial charge in [-0.2, -0.15) is 0 Å². The van der Waals surface area contributed by atoms with Crippen LogP contribution >= 0.6 is 0 Å². The van der Waals surface area contributed by atoms with Crippen molar-refractivity contribution in [3.63, 3.8) is 0 Å². The molecular formula is C29H29FN4O5. The molecule has 5 rings (SSSR count). The van der Waals surface area contributed by atoms with Crippen molar-refractivity contribution in [2.45, 2.75) is 31.7 Å². The van der Waals surface area contributed by atoms with Crippen molar-refractivity contribution >= 4 is 17.5 Å². The highest BCUT2D eigenvalue weighted by Gasteiger charge is 2.43. The van der Waals surface area contributed by atoms with E-state index in [0.29, 0.717) is 25.1 Å². The highest BCUT2D eigenvalue weighted by atomic mass is 19.1. The summed E-state index contributed by atoms with van der Waals surface area (Å²) in [7, 11) is 1.38. The molecule has 202 valence electrons. The van der Waals surface area contributed by atoms with Gasteiger partial charge in [-0.1, -0.05) is 30.7 Å². The first kappa shape index (κ1) is 26.3. The number of nitrogens with one attached hydrogen (secondary N) is 1. The zero-order valence-corrected chi connectivity index (χ0v) is 21.5. The minimum absolute atomic E-state index is 0.0450. The molecule has 0 radical (unpaired) electrons. The second kappa shape index (κ2) is 11.2. The summed E-state index contributed by atoms with van der Waals surface area (Å²) in [6.07, 6.45) is 3.13. The fourth-order valence-electron chi connectivity index (χ4n) is 5.75. The van der Waals surface area contributed by atoms with Crippen LogP contribution in [0.1, 0.15) is 51.2 Å². The first-order valence-corrected chi connectivity index (χ1v) is 13.0. The number of likely N-dealkylation sites (tertiary alicyclic amines) is 1. The number of nitro groups is 1. The predicted molar refractivity (Wildman–Crippen MR) is 141 cm³/mol. The van der Waals surface area contributed by atoms with Crippen LogP contribution in [0.3, 0.4) is 0 Å². The van der Waals surface area contributed by atoms with Crippen molar-refractivity contribution < 1.29 is 23.6 Å². The quantitative estimate of drug-likeness (QED) is 0.356. The fourth-order valence-corrected chi connectivity index (χ4v) is 5.75. The number of aromatic nitrogens is 1. The standard InChI is InChI=1S/C29H29FN4O5/c1-39-26-13-12-25(34(37)38)27(32-26)28(35)31-24-7-3-5-21-16-33(17-23(21)24)29(36)20-10-8-18(9-11-20)14-19-4-2-6-22(30)15-19/h2,4,6,8-13,15,21,23-24H,3,5,7,14,16-17H2,1H3,(H,31,35)/t21-,23+,24-/m1/s1. The Balaban J connectivity index is 1.25. The highest BCUT2D eigenvalue weighted by Crippen LogP contribution is 2.37. The van der Waals surface area contributed by atoms with Crippen LogP contribution in [0.2, 0.25) is 0 Å². The van der Waals surface area contributed by atoms with E-state index in [1.807, 2.05) is 23.1 Å². The van der Waals surface area contributed by atoms with Gasteiger partial charge in [0, 0.05) is 42.7 Å². The van der Waals surface area contributed by atoms with E-state index in [9.17, 15) is 24.1 Å². The van der Waals surface area contributed by atoms with Gasteiger partial charge in [-0.3, -0.25) is 19.7 Å². The maximum absolute atomic E-state index is 13.5. The van der Waals surface area contributed by atoms with Crippen molar-refractivity contribution in [1.29, 1.82) is 0 Å². The van der Waals surface area contributed by atoms with Gasteiger partial charge >= 0.3 is 5.69 Å². The van der Waals surface area contributed by atoms with Crippen LogP contribution < -0.4 is 10.1 Å². The zero-order valence-electron chi connectivity index (χ0n) is 21.5. The Labute approximate surface area is 225 Å². The molecule has 2 fully saturated rings. The number of carbonyl (C=O) groups excluding carboxylic acids is 2. The van der Waals surface area contributed by atoms with E-state index in [0.717, 1.165) is 30.4 Å². The number of halogens is 1. The number of carbonyl (C=O) groups is 2. The molecule has 10 heteroatoms. The van der Waals surface area contributed by atoms with Gasteiger partial charge in [0.05, 0.1) is 12.0 Å². The summed E-state index contributed by atoms with van der Waals surface area (Å²) in [6.45, 7) is 1.09. The number of benzene rings is 2. The zero-order chi connectivity index (χ0) is 27.5. The molecule has 2 heterocycles. The van der Waals surface area contributed by atoms with Crippen LogP contribution in [0.25, 0.3) is 0 Å². The van der Waals surface area contributed by atoms with E-state index in [2.05, 4.69) is 10.3 Å². The van der Waals surface area contributed by atoms with E-state index in [-0.39, 0.29) is 46.9 Å². The van der Waals surface area contributed by atoms with Gasteiger partial charge in [0.1, 0.15) is 5.82 Å². The topological polar surface area (TPSA) is 115 Å². The molecule has 1 aliphatic carbocycles. The molecule has 1 N–H and O–H groups in total. The molecule has 0 spiro atoms. The Morgan fingerprint density at radius 1 is 1.10 bits per heavy atom. The summed E-state index contributed by atoms with van der Waals surface area (Å²) in [5, 5.41) is 14.4. The van der Waals surface area contributed by atoms with Gasteiger partial charge in [0.25, 0.3) is 11.8 Å². The van der Waals surface area contributed by atoms with Gasteiger partial charge < -0.3 is 15.0 Å². The maximum Gasteiger partial charge on any atom is 0.300 e. The van der Waals surface area contributed by atoms with Crippen LogP contribution in [0.15, 0.2) is 60.7 Å². The minimum atomic E-state index is -0.635. The lowest BCUT2D eigenvalue weighted by Gasteiger charge is -2.33. The smallest absolute Gasteiger partial charge is 0.300 e. The second-order valence-corrected chi connectivity index (χ2v) is 10.1. The van der Waals surface area contributed by atoms with Crippen LogP contribution in [-0.2, 0) is 6.42 Å². The Kier molecular flexibility index (Phi) is 7.53. The van der Waals surface area contributed by atoms with Gasteiger partial charge in [-0.05, 0) is 60.6 Å². The Hall–Kier alpha value is -4.34. The van der Waals surface area contributed by atoms with Crippen LogP contribution in [0.4, 0.5) is 10.1 Å². The number of rotatable bonds is 7. The molecule has 1 saturated heterocycles. The van der Waals surface area contributed by atoms with Crippen LogP contribution in [0.5, 0.6) is 5.88 Å². The van der Waals surface area contributed by atoms with Gasteiger partial charge in [-0.25, -0.2) is 9.37 Å². The molecule has 1 aliphatic heterocycles. The lowest BCUT2D eigenvalue weighted by molar-refractivity contribution is -0.385.